The number of halogens is 3. The average molecular weight is 440 g/mol. The lowest BCUT2D eigenvalue weighted by Gasteiger charge is -2.13. The van der Waals surface area contributed by atoms with Crippen molar-refractivity contribution in [2.24, 2.45) is 4.99 Å². The van der Waals surface area contributed by atoms with Gasteiger partial charge in [-0.3, -0.25) is 14.5 Å². The summed E-state index contributed by atoms with van der Waals surface area (Å²) in [5.41, 5.74) is 0.522. The van der Waals surface area contributed by atoms with Crippen LogP contribution in [0.25, 0.3) is 0 Å². The van der Waals surface area contributed by atoms with Gasteiger partial charge in [0.2, 0.25) is 11.8 Å². The summed E-state index contributed by atoms with van der Waals surface area (Å²) in [7, 11) is 0. The summed E-state index contributed by atoms with van der Waals surface area (Å²) in [6, 6.07) is 10.7. The van der Waals surface area contributed by atoms with Gasteiger partial charge in [-0.1, -0.05) is 47.1 Å². The molecule has 0 spiro atoms. The Balaban J connectivity index is 1.76. The maximum Gasteiger partial charge on any atom is 0.242 e. The van der Waals surface area contributed by atoms with Crippen LogP contribution in [0, 0.1) is 5.82 Å². The fourth-order valence-corrected chi connectivity index (χ4v) is 4.16. The van der Waals surface area contributed by atoms with Crippen molar-refractivity contribution in [1.82, 2.24) is 4.90 Å². The molecular weight excluding hydrogens is 424 g/mol. The van der Waals surface area contributed by atoms with E-state index in [0.717, 1.165) is 0 Å². The number of thioether (sulfide) groups is 1. The van der Waals surface area contributed by atoms with Gasteiger partial charge >= 0.3 is 0 Å². The summed E-state index contributed by atoms with van der Waals surface area (Å²) in [6.07, 6.45) is -0.101. The second-order valence-corrected chi connectivity index (χ2v) is 7.92. The third kappa shape index (κ3) is 4.66. The number of hydrogen-bond acceptors (Lipinski definition) is 4. The van der Waals surface area contributed by atoms with Gasteiger partial charge in [-0.05, 0) is 37.3 Å². The molecule has 146 valence electrons. The van der Waals surface area contributed by atoms with Crippen LogP contribution in [-0.2, 0) is 9.59 Å². The highest BCUT2D eigenvalue weighted by Crippen LogP contribution is 2.35. The quantitative estimate of drug-likeness (QED) is 0.703. The summed E-state index contributed by atoms with van der Waals surface area (Å²) in [6.45, 7) is 2.21. The van der Waals surface area contributed by atoms with E-state index in [-0.39, 0.29) is 18.0 Å². The zero-order valence-corrected chi connectivity index (χ0v) is 17.1. The number of amides is 2. The van der Waals surface area contributed by atoms with Crippen molar-refractivity contribution in [3.05, 3.63) is 58.3 Å². The van der Waals surface area contributed by atoms with E-state index in [0.29, 0.717) is 27.4 Å². The van der Waals surface area contributed by atoms with Crippen LogP contribution in [-0.4, -0.2) is 33.7 Å². The summed E-state index contributed by atoms with van der Waals surface area (Å²) >= 11 is 13.3. The molecule has 0 bridgehead atoms. The molecule has 0 aromatic heterocycles. The number of nitrogens with one attached hydrogen (secondary N) is 1. The van der Waals surface area contributed by atoms with Crippen molar-refractivity contribution < 1.29 is 14.0 Å². The molecule has 0 aliphatic carbocycles. The Hall–Kier alpha value is -2.09. The first-order chi connectivity index (χ1) is 13.4. The third-order valence-corrected chi connectivity index (χ3v) is 5.71. The highest BCUT2D eigenvalue weighted by Gasteiger charge is 2.38. The number of anilines is 1. The number of nitrogens with zero attached hydrogens (tertiary/aromatic N) is 2. The molecular formula is C19H16Cl2FN3O2S. The van der Waals surface area contributed by atoms with Gasteiger partial charge in [-0.25, -0.2) is 9.38 Å². The Morgan fingerprint density at radius 3 is 2.75 bits per heavy atom. The van der Waals surface area contributed by atoms with Crippen molar-refractivity contribution in [3.63, 3.8) is 0 Å². The van der Waals surface area contributed by atoms with E-state index in [1.54, 1.807) is 24.3 Å². The Bertz CT molecular complexity index is 955. The van der Waals surface area contributed by atoms with Crippen LogP contribution in [0.15, 0.2) is 47.5 Å². The second-order valence-electron chi connectivity index (χ2n) is 5.91. The molecule has 1 fully saturated rings. The summed E-state index contributed by atoms with van der Waals surface area (Å²) < 4.78 is 13.7. The molecule has 3 rings (SSSR count). The normalized spacial score (nSPS) is 18.0. The van der Waals surface area contributed by atoms with E-state index in [2.05, 4.69) is 10.3 Å². The number of aliphatic imine (C=N–C) groups is 1. The highest BCUT2D eigenvalue weighted by molar-refractivity contribution is 8.15. The van der Waals surface area contributed by atoms with Gasteiger partial charge in [0.1, 0.15) is 11.1 Å². The Kier molecular flexibility index (Phi) is 6.59. The monoisotopic (exact) mass is 439 g/mol. The number of para-hydroxylation sites is 1. The van der Waals surface area contributed by atoms with Crippen molar-refractivity contribution in [3.8, 4) is 0 Å². The number of benzene rings is 2. The third-order valence-electron chi connectivity index (χ3n) is 3.98. The van der Waals surface area contributed by atoms with Gasteiger partial charge < -0.3 is 5.32 Å². The lowest BCUT2D eigenvalue weighted by Crippen LogP contribution is -2.33. The van der Waals surface area contributed by atoms with Crippen molar-refractivity contribution in [1.29, 1.82) is 0 Å². The Labute approximate surface area is 175 Å². The molecule has 1 atom stereocenters. The summed E-state index contributed by atoms with van der Waals surface area (Å²) in [5, 5.41) is 3.17. The molecule has 1 saturated heterocycles. The highest BCUT2D eigenvalue weighted by atomic mass is 35.5. The maximum absolute atomic E-state index is 13.7. The first-order valence-corrected chi connectivity index (χ1v) is 10.1. The molecule has 28 heavy (non-hydrogen) atoms. The molecule has 2 aromatic rings. The van der Waals surface area contributed by atoms with Gasteiger partial charge in [0.15, 0.2) is 5.17 Å². The number of carbonyl (C=O) groups is 2. The first kappa shape index (κ1) is 20.6. The molecule has 2 amide bonds. The minimum atomic E-state index is -0.650. The van der Waals surface area contributed by atoms with E-state index in [1.165, 1.54) is 34.9 Å². The molecule has 0 saturated carbocycles. The topological polar surface area (TPSA) is 61.8 Å². The van der Waals surface area contributed by atoms with Crippen LogP contribution in [0.5, 0.6) is 0 Å². The molecule has 1 aliphatic rings. The molecule has 0 unspecified atom stereocenters. The minimum absolute atomic E-state index is 0.0786. The predicted molar refractivity (Wildman–Crippen MR) is 112 cm³/mol. The first-order valence-electron chi connectivity index (χ1n) is 8.45. The lowest BCUT2D eigenvalue weighted by atomic mass is 10.2. The van der Waals surface area contributed by atoms with Gasteiger partial charge in [-0.15, -0.1) is 0 Å². The minimum Gasteiger partial charge on any atom is -0.324 e. The SMILES string of the molecule is CCN1C(=O)[C@@H](CC(=O)Nc2ccccc2F)SC1=Nc1cc(Cl)ccc1Cl. The number of hydrogen-bond donors (Lipinski definition) is 1. The molecule has 9 heteroatoms. The zero-order valence-electron chi connectivity index (χ0n) is 14.8. The maximum atomic E-state index is 13.7. The standard InChI is InChI=1S/C19H16Cl2FN3O2S/c1-2-25-18(27)16(10-17(26)23-14-6-4-3-5-13(14)22)28-19(25)24-15-9-11(20)7-8-12(15)21/h3-9,16H,2,10H2,1H3,(H,23,26)/t16-/m1/s1. The van der Waals surface area contributed by atoms with E-state index in [9.17, 15) is 14.0 Å². The number of rotatable bonds is 5. The van der Waals surface area contributed by atoms with Crippen LogP contribution in [0.4, 0.5) is 15.8 Å². The van der Waals surface area contributed by atoms with Gasteiger partial charge in [0.05, 0.1) is 16.4 Å². The summed E-state index contributed by atoms with van der Waals surface area (Å²) in [4.78, 5) is 30.9. The van der Waals surface area contributed by atoms with E-state index in [1.807, 2.05) is 6.92 Å². The Morgan fingerprint density at radius 1 is 1.29 bits per heavy atom. The number of amidine groups is 1. The van der Waals surface area contributed by atoms with Gasteiger partial charge in [0.25, 0.3) is 0 Å². The van der Waals surface area contributed by atoms with Gasteiger partial charge in [0, 0.05) is 18.0 Å². The van der Waals surface area contributed by atoms with E-state index >= 15 is 0 Å². The van der Waals surface area contributed by atoms with E-state index < -0.39 is 17.0 Å². The van der Waals surface area contributed by atoms with Crippen molar-refractivity contribution >= 4 is 63.3 Å². The van der Waals surface area contributed by atoms with Crippen LogP contribution in [0.2, 0.25) is 10.0 Å². The fraction of sp³-hybridized carbons (Fsp3) is 0.211. The van der Waals surface area contributed by atoms with Crippen molar-refractivity contribution in [2.45, 2.75) is 18.6 Å². The summed E-state index contributed by atoms with van der Waals surface area (Å²) in [5.74, 6) is -1.21. The largest absolute Gasteiger partial charge is 0.324 e. The predicted octanol–water partition coefficient (Wildman–Crippen LogP) is 5.11. The van der Waals surface area contributed by atoms with Crippen LogP contribution < -0.4 is 5.32 Å². The molecule has 0 radical (unpaired) electrons. The fourth-order valence-electron chi connectivity index (χ4n) is 2.62. The zero-order chi connectivity index (χ0) is 20.3. The van der Waals surface area contributed by atoms with Crippen LogP contribution in [0.1, 0.15) is 13.3 Å². The molecule has 1 heterocycles. The second kappa shape index (κ2) is 8.94. The average Bonchev–Trinajstić information content (AvgIpc) is 2.94. The van der Waals surface area contributed by atoms with Crippen LogP contribution >= 0.6 is 35.0 Å². The van der Waals surface area contributed by atoms with E-state index in [4.69, 9.17) is 23.2 Å². The molecule has 1 aliphatic heterocycles. The van der Waals surface area contributed by atoms with Gasteiger partial charge in [-0.2, -0.15) is 0 Å². The lowest BCUT2D eigenvalue weighted by molar-refractivity contribution is -0.128. The van der Waals surface area contributed by atoms with Crippen molar-refractivity contribution in [2.75, 3.05) is 11.9 Å². The molecule has 1 N–H and O–H groups in total. The van der Waals surface area contributed by atoms with Crippen LogP contribution in [0.3, 0.4) is 0 Å². The molecule has 2 aromatic carbocycles. The number of carbonyl (C=O) groups excluding carboxylic acids is 2. The Morgan fingerprint density at radius 2 is 2.04 bits per heavy atom. The molecule has 5 nitrogen and oxygen atoms in total. The smallest absolute Gasteiger partial charge is 0.242 e.